The van der Waals surface area contributed by atoms with Crippen molar-refractivity contribution in [2.45, 2.75) is 26.4 Å². The van der Waals surface area contributed by atoms with E-state index in [2.05, 4.69) is 10.3 Å². The first-order valence-corrected chi connectivity index (χ1v) is 6.48. The van der Waals surface area contributed by atoms with E-state index in [0.29, 0.717) is 18.7 Å². The molecule has 0 spiro atoms. The summed E-state index contributed by atoms with van der Waals surface area (Å²) in [7, 11) is 0. The summed E-state index contributed by atoms with van der Waals surface area (Å²) < 4.78 is 1.74. The Labute approximate surface area is 112 Å². The summed E-state index contributed by atoms with van der Waals surface area (Å²) in [5.74, 6) is 0.0300. The molecule has 102 valence electrons. The first kappa shape index (κ1) is 13.5. The molecule has 0 aliphatic carbocycles. The standard InChI is InChI=1S/C14H19N3O2/c1-10(2)12(18)6-7-15-14(19)11-9-16-13-5-3-4-8-17(11)13/h3-5,8-10,12,18H,6-7H2,1-2H3,(H,15,19). The fourth-order valence-corrected chi connectivity index (χ4v) is 1.86. The Morgan fingerprint density at radius 3 is 3.00 bits per heavy atom. The Kier molecular flexibility index (Phi) is 4.16. The zero-order chi connectivity index (χ0) is 13.8. The Balaban J connectivity index is 1.97. The number of carbonyl (C=O) groups excluding carboxylic acids is 1. The zero-order valence-corrected chi connectivity index (χ0v) is 11.2. The van der Waals surface area contributed by atoms with Gasteiger partial charge in [-0.1, -0.05) is 19.9 Å². The number of pyridine rings is 1. The van der Waals surface area contributed by atoms with Gasteiger partial charge in [-0.2, -0.15) is 0 Å². The SMILES string of the molecule is CC(C)C(O)CCNC(=O)c1cnc2ccccn12. The van der Waals surface area contributed by atoms with Gasteiger partial charge in [-0.3, -0.25) is 9.20 Å². The Morgan fingerprint density at radius 2 is 2.26 bits per heavy atom. The van der Waals surface area contributed by atoms with Gasteiger partial charge in [-0.25, -0.2) is 4.98 Å². The number of hydrogen-bond acceptors (Lipinski definition) is 3. The zero-order valence-electron chi connectivity index (χ0n) is 11.2. The molecule has 1 amide bonds. The Hall–Kier alpha value is -1.88. The van der Waals surface area contributed by atoms with E-state index >= 15 is 0 Å². The molecular formula is C14H19N3O2. The van der Waals surface area contributed by atoms with Gasteiger partial charge < -0.3 is 10.4 Å². The minimum absolute atomic E-state index is 0.172. The number of carbonyl (C=O) groups is 1. The molecule has 2 rings (SSSR count). The van der Waals surface area contributed by atoms with Crippen LogP contribution in [-0.4, -0.2) is 33.0 Å². The molecule has 2 heterocycles. The van der Waals surface area contributed by atoms with Crippen LogP contribution in [0.2, 0.25) is 0 Å². The van der Waals surface area contributed by atoms with E-state index in [0.717, 1.165) is 5.65 Å². The number of fused-ring (bicyclic) bond motifs is 1. The van der Waals surface area contributed by atoms with Crippen LogP contribution in [0.1, 0.15) is 30.8 Å². The molecule has 5 nitrogen and oxygen atoms in total. The smallest absolute Gasteiger partial charge is 0.269 e. The molecule has 1 atom stereocenters. The number of hydrogen-bond donors (Lipinski definition) is 2. The van der Waals surface area contributed by atoms with Crippen LogP contribution in [0.4, 0.5) is 0 Å². The number of imidazole rings is 1. The van der Waals surface area contributed by atoms with Gasteiger partial charge in [0.25, 0.3) is 5.91 Å². The van der Waals surface area contributed by atoms with Crippen LogP contribution in [-0.2, 0) is 0 Å². The largest absolute Gasteiger partial charge is 0.393 e. The minimum Gasteiger partial charge on any atom is -0.393 e. The average Bonchev–Trinajstić information content (AvgIpc) is 2.82. The number of amides is 1. The van der Waals surface area contributed by atoms with Crippen molar-refractivity contribution in [3.63, 3.8) is 0 Å². The fraction of sp³-hybridized carbons (Fsp3) is 0.429. The normalized spacial score (nSPS) is 12.8. The molecule has 0 saturated heterocycles. The van der Waals surface area contributed by atoms with Gasteiger partial charge in [0.15, 0.2) is 0 Å². The highest BCUT2D eigenvalue weighted by Gasteiger charge is 2.13. The maximum absolute atomic E-state index is 12.0. The van der Waals surface area contributed by atoms with Crippen molar-refractivity contribution in [3.8, 4) is 0 Å². The predicted molar refractivity (Wildman–Crippen MR) is 73.0 cm³/mol. The van der Waals surface area contributed by atoms with Crippen molar-refractivity contribution in [3.05, 3.63) is 36.3 Å². The van der Waals surface area contributed by atoms with Crippen LogP contribution < -0.4 is 5.32 Å². The van der Waals surface area contributed by atoms with Crippen LogP contribution in [0.15, 0.2) is 30.6 Å². The lowest BCUT2D eigenvalue weighted by molar-refractivity contribution is 0.0915. The summed E-state index contributed by atoms with van der Waals surface area (Å²) in [5.41, 5.74) is 1.25. The van der Waals surface area contributed by atoms with Crippen molar-refractivity contribution in [2.75, 3.05) is 6.54 Å². The van der Waals surface area contributed by atoms with Gasteiger partial charge in [0.1, 0.15) is 11.3 Å². The number of nitrogens with one attached hydrogen (secondary N) is 1. The highest BCUT2D eigenvalue weighted by molar-refractivity contribution is 5.93. The molecule has 0 bridgehead atoms. The summed E-state index contributed by atoms with van der Waals surface area (Å²) in [6.45, 7) is 4.37. The Bertz CT molecular complexity index is 563. The lowest BCUT2D eigenvalue weighted by atomic mass is 10.0. The van der Waals surface area contributed by atoms with Crippen molar-refractivity contribution >= 4 is 11.6 Å². The van der Waals surface area contributed by atoms with E-state index in [4.69, 9.17) is 0 Å². The summed E-state index contributed by atoms with van der Waals surface area (Å²) in [6.07, 6.45) is 3.53. The number of aliphatic hydroxyl groups is 1. The molecule has 2 aromatic heterocycles. The minimum atomic E-state index is -0.387. The molecule has 0 aliphatic heterocycles. The van der Waals surface area contributed by atoms with Crippen molar-refractivity contribution < 1.29 is 9.90 Å². The molecule has 0 radical (unpaired) electrons. The molecule has 0 aromatic carbocycles. The monoisotopic (exact) mass is 261 g/mol. The van der Waals surface area contributed by atoms with Gasteiger partial charge in [-0.05, 0) is 24.5 Å². The summed E-state index contributed by atoms with van der Waals surface area (Å²) >= 11 is 0. The predicted octanol–water partition coefficient (Wildman–Crippen LogP) is 1.47. The second kappa shape index (κ2) is 5.84. The summed E-state index contributed by atoms with van der Waals surface area (Å²) in [4.78, 5) is 16.2. The molecule has 5 heteroatoms. The van der Waals surface area contributed by atoms with Crippen LogP contribution in [0.5, 0.6) is 0 Å². The van der Waals surface area contributed by atoms with Gasteiger partial charge in [-0.15, -0.1) is 0 Å². The van der Waals surface area contributed by atoms with Crippen LogP contribution in [0.25, 0.3) is 5.65 Å². The van der Waals surface area contributed by atoms with Crippen molar-refractivity contribution in [1.29, 1.82) is 0 Å². The second-order valence-electron chi connectivity index (χ2n) is 4.93. The third-order valence-electron chi connectivity index (χ3n) is 3.14. The summed E-state index contributed by atoms with van der Waals surface area (Å²) in [6, 6.07) is 5.58. The molecule has 0 aliphatic rings. The fourth-order valence-electron chi connectivity index (χ4n) is 1.86. The molecule has 2 N–H and O–H groups in total. The number of nitrogens with zero attached hydrogens (tertiary/aromatic N) is 2. The van der Waals surface area contributed by atoms with Crippen LogP contribution in [0, 0.1) is 5.92 Å². The van der Waals surface area contributed by atoms with Gasteiger partial charge in [0.2, 0.25) is 0 Å². The molecule has 2 aromatic rings. The van der Waals surface area contributed by atoms with Gasteiger partial charge in [0.05, 0.1) is 12.3 Å². The third-order valence-corrected chi connectivity index (χ3v) is 3.14. The first-order chi connectivity index (χ1) is 9.09. The summed E-state index contributed by atoms with van der Waals surface area (Å²) in [5, 5.41) is 12.5. The maximum Gasteiger partial charge on any atom is 0.269 e. The topological polar surface area (TPSA) is 66.6 Å². The van der Waals surface area contributed by atoms with E-state index in [1.807, 2.05) is 32.0 Å². The average molecular weight is 261 g/mol. The second-order valence-corrected chi connectivity index (χ2v) is 4.93. The first-order valence-electron chi connectivity index (χ1n) is 6.48. The highest BCUT2D eigenvalue weighted by Crippen LogP contribution is 2.07. The number of aliphatic hydroxyl groups excluding tert-OH is 1. The highest BCUT2D eigenvalue weighted by atomic mass is 16.3. The van der Waals surface area contributed by atoms with E-state index in [1.54, 1.807) is 16.8 Å². The van der Waals surface area contributed by atoms with Gasteiger partial charge >= 0.3 is 0 Å². The maximum atomic E-state index is 12.0. The van der Waals surface area contributed by atoms with Crippen molar-refractivity contribution in [1.82, 2.24) is 14.7 Å². The van der Waals surface area contributed by atoms with E-state index in [9.17, 15) is 9.90 Å². The molecular weight excluding hydrogens is 242 g/mol. The van der Waals surface area contributed by atoms with Crippen LogP contribution >= 0.6 is 0 Å². The number of aromatic nitrogens is 2. The number of rotatable bonds is 5. The molecule has 19 heavy (non-hydrogen) atoms. The lowest BCUT2D eigenvalue weighted by Crippen LogP contribution is -2.29. The quantitative estimate of drug-likeness (QED) is 0.856. The third kappa shape index (κ3) is 3.12. The van der Waals surface area contributed by atoms with Crippen LogP contribution in [0.3, 0.4) is 0 Å². The molecule has 0 saturated carbocycles. The lowest BCUT2D eigenvalue weighted by Gasteiger charge is -2.14. The van der Waals surface area contributed by atoms with E-state index in [1.165, 1.54) is 0 Å². The molecule has 0 fully saturated rings. The van der Waals surface area contributed by atoms with E-state index in [-0.39, 0.29) is 17.9 Å². The Morgan fingerprint density at radius 1 is 1.47 bits per heavy atom. The van der Waals surface area contributed by atoms with E-state index < -0.39 is 0 Å². The van der Waals surface area contributed by atoms with Gasteiger partial charge in [0, 0.05) is 12.7 Å². The molecule has 1 unspecified atom stereocenters. The van der Waals surface area contributed by atoms with Crippen molar-refractivity contribution in [2.24, 2.45) is 5.92 Å².